The monoisotopic (exact) mass is 275 g/mol. The Labute approximate surface area is 92.4 Å². The number of nitrogens with zero attached hydrogens (tertiary/aromatic N) is 2. The van der Waals surface area contributed by atoms with Crippen LogP contribution in [0.25, 0.3) is 11.3 Å². The van der Waals surface area contributed by atoms with Crippen LogP contribution in [0.1, 0.15) is 0 Å². The Bertz CT molecular complexity index is 471. The molecule has 0 aliphatic carbocycles. The predicted octanol–water partition coefficient (Wildman–Crippen LogP) is 3.03. The Morgan fingerprint density at radius 1 is 1.36 bits per heavy atom. The molecule has 0 radical (unpaired) electrons. The van der Waals surface area contributed by atoms with Crippen LogP contribution in [0.5, 0.6) is 0 Å². The molecule has 0 spiro atoms. The standard InChI is InChI=1S/C8H4BrClFN3/c9-6-3-4(11)1-2-5(6)7-8(10)13-14-12-7/h1-3H,(H,12,13,14). The lowest BCUT2D eigenvalue weighted by Gasteiger charge is -2.00. The van der Waals surface area contributed by atoms with Crippen molar-refractivity contribution in [3.63, 3.8) is 0 Å². The van der Waals surface area contributed by atoms with Crippen molar-refractivity contribution < 1.29 is 4.39 Å². The number of hydrogen-bond donors (Lipinski definition) is 1. The van der Waals surface area contributed by atoms with E-state index in [1.807, 2.05) is 0 Å². The molecule has 72 valence electrons. The molecule has 1 N–H and O–H groups in total. The van der Waals surface area contributed by atoms with Crippen LogP contribution >= 0.6 is 27.5 Å². The maximum Gasteiger partial charge on any atom is 0.179 e. The molecule has 2 rings (SSSR count). The molecular formula is C8H4BrClFN3. The average molecular weight is 276 g/mol. The van der Waals surface area contributed by atoms with Crippen LogP contribution in [0.2, 0.25) is 5.15 Å². The highest BCUT2D eigenvalue weighted by Gasteiger charge is 2.11. The minimum absolute atomic E-state index is 0.261. The second kappa shape index (κ2) is 3.67. The van der Waals surface area contributed by atoms with Gasteiger partial charge < -0.3 is 0 Å². The normalized spacial score (nSPS) is 10.5. The van der Waals surface area contributed by atoms with Crippen molar-refractivity contribution in [1.29, 1.82) is 0 Å². The van der Waals surface area contributed by atoms with Crippen LogP contribution in [0.15, 0.2) is 22.7 Å². The van der Waals surface area contributed by atoms with E-state index < -0.39 is 0 Å². The van der Waals surface area contributed by atoms with Gasteiger partial charge in [0.1, 0.15) is 11.5 Å². The summed E-state index contributed by atoms with van der Waals surface area (Å²) in [6.45, 7) is 0. The first kappa shape index (κ1) is 9.61. The maximum atomic E-state index is 12.8. The van der Waals surface area contributed by atoms with Gasteiger partial charge in [-0.3, -0.25) is 0 Å². The van der Waals surface area contributed by atoms with Gasteiger partial charge >= 0.3 is 0 Å². The van der Waals surface area contributed by atoms with Crippen molar-refractivity contribution in [2.45, 2.75) is 0 Å². The number of aromatic amines is 1. The maximum absolute atomic E-state index is 12.8. The van der Waals surface area contributed by atoms with Crippen LogP contribution < -0.4 is 0 Å². The van der Waals surface area contributed by atoms with Gasteiger partial charge in [0.05, 0.1) is 0 Å². The Hall–Kier alpha value is -0.940. The van der Waals surface area contributed by atoms with E-state index >= 15 is 0 Å². The summed E-state index contributed by atoms with van der Waals surface area (Å²) in [4.78, 5) is 0. The molecular weight excluding hydrogens is 272 g/mol. The molecule has 0 amide bonds. The highest BCUT2D eigenvalue weighted by Crippen LogP contribution is 2.30. The van der Waals surface area contributed by atoms with Crippen molar-refractivity contribution >= 4 is 27.5 Å². The zero-order valence-electron chi connectivity index (χ0n) is 6.76. The first-order valence-corrected chi connectivity index (χ1v) is 4.87. The molecule has 1 aromatic heterocycles. The minimum Gasteiger partial charge on any atom is -0.207 e. The van der Waals surface area contributed by atoms with Gasteiger partial charge in [-0.15, -0.1) is 5.10 Å². The SMILES string of the molecule is Fc1ccc(-c2n[nH]nc2Cl)c(Br)c1. The lowest BCUT2D eigenvalue weighted by molar-refractivity contribution is 0.627. The average Bonchev–Trinajstić information content (AvgIpc) is 2.52. The van der Waals surface area contributed by atoms with Crippen LogP contribution in [0.3, 0.4) is 0 Å². The summed E-state index contributed by atoms with van der Waals surface area (Å²) < 4.78 is 13.4. The molecule has 0 bridgehead atoms. The lowest BCUT2D eigenvalue weighted by atomic mass is 10.2. The number of hydrogen-bond acceptors (Lipinski definition) is 2. The third-order valence-electron chi connectivity index (χ3n) is 1.69. The molecule has 1 heterocycles. The number of rotatable bonds is 1. The van der Waals surface area contributed by atoms with Gasteiger partial charge in [0.25, 0.3) is 0 Å². The van der Waals surface area contributed by atoms with Crippen LogP contribution in [0.4, 0.5) is 4.39 Å². The summed E-state index contributed by atoms with van der Waals surface area (Å²) in [6, 6.07) is 4.27. The predicted molar refractivity (Wildman–Crippen MR) is 54.5 cm³/mol. The van der Waals surface area contributed by atoms with Gasteiger partial charge in [-0.05, 0) is 34.1 Å². The number of aromatic nitrogens is 3. The van der Waals surface area contributed by atoms with Gasteiger partial charge in [-0.25, -0.2) is 4.39 Å². The topological polar surface area (TPSA) is 41.6 Å². The Morgan fingerprint density at radius 2 is 2.14 bits per heavy atom. The van der Waals surface area contributed by atoms with E-state index in [4.69, 9.17) is 11.6 Å². The number of nitrogens with one attached hydrogen (secondary N) is 1. The lowest BCUT2D eigenvalue weighted by Crippen LogP contribution is -1.83. The quantitative estimate of drug-likeness (QED) is 0.870. The Balaban J connectivity index is 2.58. The van der Waals surface area contributed by atoms with E-state index in [9.17, 15) is 4.39 Å². The van der Waals surface area contributed by atoms with Crippen molar-refractivity contribution in [1.82, 2.24) is 15.4 Å². The van der Waals surface area contributed by atoms with Gasteiger partial charge in [0.2, 0.25) is 0 Å². The fourth-order valence-corrected chi connectivity index (χ4v) is 1.79. The molecule has 3 nitrogen and oxygen atoms in total. The zero-order valence-corrected chi connectivity index (χ0v) is 9.10. The fraction of sp³-hybridized carbons (Fsp3) is 0. The molecule has 0 saturated carbocycles. The van der Waals surface area contributed by atoms with E-state index in [0.717, 1.165) is 0 Å². The smallest absolute Gasteiger partial charge is 0.179 e. The second-order valence-corrected chi connectivity index (χ2v) is 3.80. The largest absolute Gasteiger partial charge is 0.207 e. The molecule has 0 aliphatic rings. The summed E-state index contributed by atoms with van der Waals surface area (Å²) in [6.07, 6.45) is 0. The molecule has 0 aliphatic heterocycles. The van der Waals surface area contributed by atoms with E-state index in [1.165, 1.54) is 12.1 Å². The van der Waals surface area contributed by atoms with Crippen molar-refractivity contribution in [2.24, 2.45) is 0 Å². The number of halogens is 3. The van der Waals surface area contributed by atoms with E-state index in [0.29, 0.717) is 15.7 Å². The molecule has 0 fully saturated rings. The van der Waals surface area contributed by atoms with E-state index in [1.54, 1.807) is 6.07 Å². The van der Waals surface area contributed by atoms with Gasteiger partial charge in [-0.2, -0.15) is 10.3 Å². The summed E-state index contributed by atoms with van der Waals surface area (Å²) in [7, 11) is 0. The molecule has 1 aromatic carbocycles. The second-order valence-electron chi connectivity index (χ2n) is 2.59. The minimum atomic E-state index is -0.319. The molecule has 6 heteroatoms. The van der Waals surface area contributed by atoms with Crippen LogP contribution in [-0.4, -0.2) is 15.4 Å². The van der Waals surface area contributed by atoms with Gasteiger partial charge in [-0.1, -0.05) is 11.6 Å². The fourth-order valence-electron chi connectivity index (χ4n) is 1.07. The third kappa shape index (κ3) is 1.65. The van der Waals surface area contributed by atoms with Crippen LogP contribution in [0, 0.1) is 5.82 Å². The molecule has 0 atom stereocenters. The van der Waals surface area contributed by atoms with E-state index in [-0.39, 0.29) is 11.0 Å². The van der Waals surface area contributed by atoms with Crippen molar-refractivity contribution in [2.75, 3.05) is 0 Å². The Morgan fingerprint density at radius 3 is 2.71 bits per heavy atom. The van der Waals surface area contributed by atoms with Gasteiger partial charge in [0, 0.05) is 10.0 Å². The molecule has 0 saturated heterocycles. The van der Waals surface area contributed by atoms with Crippen molar-refractivity contribution in [3.8, 4) is 11.3 Å². The summed E-state index contributed by atoms with van der Waals surface area (Å²) >= 11 is 8.99. The third-order valence-corrected chi connectivity index (χ3v) is 2.61. The summed E-state index contributed by atoms with van der Waals surface area (Å²) in [5.74, 6) is -0.319. The van der Waals surface area contributed by atoms with Gasteiger partial charge in [0.15, 0.2) is 5.15 Å². The van der Waals surface area contributed by atoms with Crippen LogP contribution in [-0.2, 0) is 0 Å². The Kier molecular flexibility index (Phi) is 2.52. The molecule has 2 aromatic rings. The highest BCUT2D eigenvalue weighted by atomic mass is 79.9. The highest BCUT2D eigenvalue weighted by molar-refractivity contribution is 9.10. The summed E-state index contributed by atoms with van der Waals surface area (Å²) in [5, 5.41) is 10.2. The molecule has 0 unspecified atom stereocenters. The first-order valence-electron chi connectivity index (χ1n) is 3.70. The first-order chi connectivity index (χ1) is 6.68. The zero-order chi connectivity index (χ0) is 10.1. The number of H-pyrrole nitrogens is 1. The molecule has 14 heavy (non-hydrogen) atoms. The summed E-state index contributed by atoms with van der Waals surface area (Å²) in [5.41, 5.74) is 1.20. The van der Waals surface area contributed by atoms with Crippen molar-refractivity contribution in [3.05, 3.63) is 33.6 Å². The van der Waals surface area contributed by atoms with E-state index in [2.05, 4.69) is 31.3 Å². The number of benzene rings is 1.